The second-order valence-corrected chi connectivity index (χ2v) is 7.01. The molecule has 33 heavy (non-hydrogen) atoms. The first-order chi connectivity index (χ1) is 15.5. The fourth-order valence-electron chi connectivity index (χ4n) is 2.73. The molecular formula is C21H27N3O9. The Kier molecular flexibility index (Phi) is 9.99. The van der Waals surface area contributed by atoms with Gasteiger partial charge in [0.15, 0.2) is 0 Å². The summed E-state index contributed by atoms with van der Waals surface area (Å²) in [6.45, 7) is 13.0. The minimum absolute atomic E-state index is 0.363. The lowest BCUT2D eigenvalue weighted by Crippen LogP contribution is -2.57. The third kappa shape index (κ3) is 6.76. The Morgan fingerprint density at radius 2 is 0.848 bits per heavy atom. The number of esters is 3. The Morgan fingerprint density at radius 1 is 0.636 bits per heavy atom. The zero-order chi connectivity index (χ0) is 25.3. The average molecular weight is 465 g/mol. The maximum Gasteiger partial charge on any atom is 0.337 e. The van der Waals surface area contributed by atoms with Gasteiger partial charge in [-0.15, -0.1) is 0 Å². The van der Waals surface area contributed by atoms with Gasteiger partial charge in [0.05, 0.1) is 18.1 Å². The van der Waals surface area contributed by atoms with Crippen LogP contribution >= 0.6 is 0 Å². The lowest BCUT2D eigenvalue weighted by atomic mass is 10.3. The maximum absolute atomic E-state index is 13.1. The number of nitrogens with zero attached hydrogens (tertiary/aromatic N) is 3. The molecule has 1 aromatic rings. The molecule has 0 fully saturated rings. The first-order valence-electron chi connectivity index (χ1n) is 9.87. The van der Waals surface area contributed by atoms with E-state index in [-0.39, 0.29) is 19.8 Å². The van der Waals surface area contributed by atoms with Crippen LogP contribution in [0.25, 0.3) is 0 Å². The summed E-state index contributed by atoms with van der Waals surface area (Å²) in [5, 5.41) is 0. The molecular weight excluding hydrogens is 438 g/mol. The first kappa shape index (κ1) is 27.1. The zero-order valence-electron chi connectivity index (χ0n) is 18.7. The van der Waals surface area contributed by atoms with E-state index in [9.17, 15) is 28.8 Å². The molecule has 0 bridgehead atoms. The van der Waals surface area contributed by atoms with Crippen LogP contribution in [0.1, 0.15) is 38.9 Å². The minimum atomic E-state index is -0.999. The van der Waals surface area contributed by atoms with E-state index in [1.807, 2.05) is 0 Å². The second-order valence-electron chi connectivity index (χ2n) is 7.01. The van der Waals surface area contributed by atoms with E-state index in [0.29, 0.717) is 0 Å². The Balaban J connectivity index is 3.61. The van der Waals surface area contributed by atoms with Gasteiger partial charge in [0.1, 0.15) is 19.8 Å². The van der Waals surface area contributed by atoms with Gasteiger partial charge in [-0.2, -0.15) is 0 Å². The third-order valence-corrected chi connectivity index (χ3v) is 4.46. The predicted molar refractivity (Wildman–Crippen MR) is 117 cm³/mol. The zero-order valence-corrected chi connectivity index (χ0v) is 18.7. The summed E-state index contributed by atoms with van der Waals surface area (Å²) in [7, 11) is 0. The highest BCUT2D eigenvalue weighted by Crippen LogP contribution is 2.06. The molecule has 3 unspecified atom stereocenters. The standard InChI is InChI=1S/C21H27N3O9/c1-7-16(25)31-10-13(4)22-19(28)23(14(5)11-32-17(26)8-2)21(30)24(20(22)29)15(6)12-33-18(27)9-3/h7-9,13-15H,1-3,10-12H2,4-6H3. The molecule has 0 aliphatic carbocycles. The van der Waals surface area contributed by atoms with Crippen LogP contribution in [-0.4, -0.2) is 51.4 Å². The fraction of sp³-hybridized carbons (Fsp3) is 0.429. The highest BCUT2D eigenvalue weighted by atomic mass is 16.5. The topological polar surface area (TPSA) is 145 Å². The molecule has 180 valence electrons. The molecule has 12 nitrogen and oxygen atoms in total. The second kappa shape index (κ2) is 12.2. The van der Waals surface area contributed by atoms with E-state index in [1.54, 1.807) is 0 Å². The minimum Gasteiger partial charge on any atom is -0.460 e. The molecule has 1 heterocycles. The summed E-state index contributed by atoms with van der Waals surface area (Å²) in [5.41, 5.74) is -3.00. The molecule has 1 aromatic heterocycles. The molecule has 0 saturated heterocycles. The van der Waals surface area contributed by atoms with E-state index in [1.165, 1.54) is 20.8 Å². The van der Waals surface area contributed by atoms with Crippen molar-refractivity contribution in [3.63, 3.8) is 0 Å². The SMILES string of the molecule is C=CC(=O)OCC(C)n1c(=O)n(C(C)COC(=O)C=C)c(=O)n(C(C)COC(=O)C=C)c1=O. The highest BCUT2D eigenvalue weighted by Gasteiger charge is 2.26. The van der Waals surface area contributed by atoms with Crippen LogP contribution in [0, 0.1) is 0 Å². The van der Waals surface area contributed by atoms with Crippen LogP contribution in [0.3, 0.4) is 0 Å². The van der Waals surface area contributed by atoms with Crippen LogP contribution in [0.2, 0.25) is 0 Å². The Morgan fingerprint density at radius 3 is 1.03 bits per heavy atom. The van der Waals surface area contributed by atoms with E-state index < -0.39 is 53.1 Å². The molecule has 1 rings (SSSR count). The van der Waals surface area contributed by atoms with Crippen molar-refractivity contribution < 1.29 is 28.6 Å². The van der Waals surface area contributed by atoms with Gasteiger partial charge in [-0.25, -0.2) is 42.5 Å². The average Bonchev–Trinajstić information content (AvgIpc) is 2.78. The fourth-order valence-corrected chi connectivity index (χ4v) is 2.73. The number of hydrogen-bond donors (Lipinski definition) is 0. The molecule has 0 saturated carbocycles. The van der Waals surface area contributed by atoms with Crippen molar-refractivity contribution in [3.8, 4) is 0 Å². The largest absolute Gasteiger partial charge is 0.460 e. The summed E-state index contributed by atoms with van der Waals surface area (Å²) in [6, 6.07) is -2.92. The van der Waals surface area contributed by atoms with Crippen molar-refractivity contribution >= 4 is 17.9 Å². The summed E-state index contributed by atoms with van der Waals surface area (Å²) in [4.78, 5) is 73.5. The van der Waals surface area contributed by atoms with Crippen LogP contribution in [0.15, 0.2) is 52.3 Å². The number of aromatic nitrogens is 3. The van der Waals surface area contributed by atoms with Crippen LogP contribution in [-0.2, 0) is 28.6 Å². The molecule has 0 aromatic carbocycles. The van der Waals surface area contributed by atoms with Gasteiger partial charge >= 0.3 is 35.0 Å². The molecule has 0 aliphatic rings. The van der Waals surface area contributed by atoms with Crippen molar-refractivity contribution in [2.24, 2.45) is 0 Å². The van der Waals surface area contributed by atoms with Crippen LogP contribution in [0.4, 0.5) is 0 Å². The van der Waals surface area contributed by atoms with Crippen molar-refractivity contribution in [2.45, 2.75) is 38.9 Å². The Hall–Kier alpha value is -3.96. The van der Waals surface area contributed by atoms with Gasteiger partial charge in [0.25, 0.3) is 0 Å². The van der Waals surface area contributed by atoms with Crippen molar-refractivity contribution in [1.29, 1.82) is 0 Å². The number of rotatable bonds is 12. The smallest absolute Gasteiger partial charge is 0.337 e. The van der Waals surface area contributed by atoms with Gasteiger partial charge < -0.3 is 14.2 Å². The lowest BCUT2D eigenvalue weighted by molar-refractivity contribution is -0.139. The molecule has 0 N–H and O–H groups in total. The van der Waals surface area contributed by atoms with Crippen LogP contribution in [0.5, 0.6) is 0 Å². The molecule has 0 amide bonds. The number of carbonyl (C=O) groups is 3. The van der Waals surface area contributed by atoms with E-state index in [0.717, 1.165) is 31.9 Å². The molecule has 0 aliphatic heterocycles. The maximum atomic E-state index is 13.1. The monoisotopic (exact) mass is 465 g/mol. The summed E-state index contributed by atoms with van der Waals surface area (Å²) in [5.74, 6) is -2.30. The molecule has 12 heteroatoms. The quantitative estimate of drug-likeness (QED) is 0.237. The van der Waals surface area contributed by atoms with Crippen molar-refractivity contribution in [2.75, 3.05) is 19.8 Å². The van der Waals surface area contributed by atoms with E-state index >= 15 is 0 Å². The Labute approximate surface area is 189 Å². The van der Waals surface area contributed by atoms with Gasteiger partial charge in [-0.3, -0.25) is 0 Å². The first-order valence-corrected chi connectivity index (χ1v) is 9.87. The van der Waals surface area contributed by atoms with Crippen molar-refractivity contribution in [3.05, 3.63) is 69.4 Å². The van der Waals surface area contributed by atoms with E-state index in [2.05, 4.69) is 19.7 Å². The normalized spacial score (nSPS) is 13.2. The van der Waals surface area contributed by atoms with Gasteiger partial charge in [-0.05, 0) is 20.8 Å². The predicted octanol–water partition coefficient (Wildman–Crippen LogP) is 0.0423. The van der Waals surface area contributed by atoms with Crippen LogP contribution < -0.4 is 17.1 Å². The molecule has 0 radical (unpaired) electrons. The summed E-state index contributed by atoms with van der Waals surface area (Å²) >= 11 is 0. The molecule has 0 spiro atoms. The van der Waals surface area contributed by atoms with Gasteiger partial charge in [-0.1, -0.05) is 19.7 Å². The number of ether oxygens (including phenoxy) is 3. The third-order valence-electron chi connectivity index (χ3n) is 4.46. The lowest BCUT2D eigenvalue weighted by Gasteiger charge is -2.23. The van der Waals surface area contributed by atoms with E-state index in [4.69, 9.17) is 14.2 Å². The highest BCUT2D eigenvalue weighted by molar-refractivity contribution is 5.81. The van der Waals surface area contributed by atoms with Gasteiger partial charge in [0, 0.05) is 18.2 Å². The summed E-state index contributed by atoms with van der Waals surface area (Å²) in [6.07, 6.45) is 2.75. The molecule has 3 atom stereocenters. The summed E-state index contributed by atoms with van der Waals surface area (Å²) < 4.78 is 17.0. The number of carbonyl (C=O) groups excluding carboxylic acids is 3. The van der Waals surface area contributed by atoms with Gasteiger partial charge in [0.2, 0.25) is 0 Å². The van der Waals surface area contributed by atoms with Crippen molar-refractivity contribution in [1.82, 2.24) is 13.7 Å². The number of hydrogen-bond acceptors (Lipinski definition) is 9. The Bertz CT molecular complexity index is 941.